The van der Waals surface area contributed by atoms with E-state index in [0.717, 1.165) is 25.4 Å². The third-order valence-corrected chi connectivity index (χ3v) is 6.79. The Morgan fingerprint density at radius 3 is 1.65 bits per heavy atom. The fourth-order valence-electron chi connectivity index (χ4n) is 2.32. The molecular formula is C14H34FN3SiTi. The molecule has 0 saturated heterocycles. The van der Waals surface area contributed by atoms with Crippen molar-refractivity contribution in [3.63, 3.8) is 0 Å². The summed E-state index contributed by atoms with van der Waals surface area (Å²) in [4.78, 5) is 0. The summed E-state index contributed by atoms with van der Waals surface area (Å²) < 4.78 is 13.4. The predicted molar refractivity (Wildman–Crippen MR) is 91.0 cm³/mol. The zero-order valence-electron chi connectivity index (χ0n) is 14.7. The minimum atomic E-state index is -1.38. The Morgan fingerprint density at radius 2 is 1.40 bits per heavy atom. The van der Waals surface area contributed by atoms with Crippen molar-refractivity contribution in [1.29, 1.82) is 0 Å². The second-order valence-electron chi connectivity index (χ2n) is 5.41. The number of hydrogen-bond acceptors (Lipinski definition) is 0. The van der Waals surface area contributed by atoms with E-state index in [1.807, 2.05) is 7.05 Å². The molecule has 0 aromatic heterocycles. The van der Waals surface area contributed by atoms with Gasteiger partial charge in [0, 0.05) is 8.07 Å². The van der Waals surface area contributed by atoms with Gasteiger partial charge >= 0.3 is 21.7 Å². The topological polar surface area (TPSA) is 42.3 Å². The fourth-order valence-corrected chi connectivity index (χ4v) is 5.50. The maximum absolute atomic E-state index is 13.4. The van der Waals surface area contributed by atoms with Crippen LogP contribution in [0, 0.1) is 7.43 Å². The number of nitrogens with zero attached hydrogens (tertiary/aromatic N) is 3. The second kappa shape index (κ2) is 17.8. The Labute approximate surface area is 143 Å². The van der Waals surface area contributed by atoms with Crippen LogP contribution in [0.15, 0.2) is 0 Å². The molecule has 1 fully saturated rings. The molecule has 0 aliphatic heterocycles. The van der Waals surface area contributed by atoms with Crippen LogP contribution in [-0.4, -0.2) is 55.7 Å². The molecule has 120 valence electrons. The van der Waals surface area contributed by atoms with Gasteiger partial charge in [0.25, 0.3) is 0 Å². The Balaban J connectivity index is -0.000000139. The van der Waals surface area contributed by atoms with Crippen LogP contribution in [-0.2, 0) is 21.7 Å². The van der Waals surface area contributed by atoms with Crippen molar-refractivity contribution >= 4 is 8.07 Å². The van der Waals surface area contributed by atoms with Gasteiger partial charge in [-0.15, -0.1) is 0 Å². The van der Waals surface area contributed by atoms with E-state index in [-0.39, 0.29) is 29.1 Å². The molecule has 0 amide bonds. The molecular weight excluding hydrogens is 305 g/mol. The largest absolute Gasteiger partial charge is 4.00 e. The Hall–Kier alpha value is 0.741. The van der Waals surface area contributed by atoms with Gasteiger partial charge in [0.15, 0.2) is 0 Å². The first-order chi connectivity index (χ1) is 8.40. The van der Waals surface area contributed by atoms with Gasteiger partial charge in [-0.3, -0.25) is 0 Å². The summed E-state index contributed by atoms with van der Waals surface area (Å²) in [6.45, 7) is 4.53. The number of halogens is 1. The van der Waals surface area contributed by atoms with Crippen molar-refractivity contribution in [3.05, 3.63) is 23.4 Å². The third-order valence-electron chi connectivity index (χ3n) is 3.00. The monoisotopic (exact) mass is 339 g/mol. The van der Waals surface area contributed by atoms with Gasteiger partial charge in [-0.1, -0.05) is 25.9 Å². The molecule has 0 aromatic rings. The van der Waals surface area contributed by atoms with Crippen molar-refractivity contribution < 1.29 is 26.1 Å². The van der Waals surface area contributed by atoms with Crippen LogP contribution in [0.5, 0.6) is 0 Å². The summed E-state index contributed by atoms with van der Waals surface area (Å²) >= 11 is 0. The molecule has 20 heavy (non-hydrogen) atoms. The maximum Gasteiger partial charge on any atom is 4.00 e. The SMILES string of the molecule is C[N-]C.C[N-]C.C[N-]C[Si](C)(C)C1CCCC1F.[CH3-].[Ti+4]. The molecule has 0 heterocycles. The summed E-state index contributed by atoms with van der Waals surface area (Å²) in [6.07, 6.45) is 3.40. The molecule has 0 radical (unpaired) electrons. The average Bonchev–Trinajstić information content (AvgIpc) is 2.67. The third kappa shape index (κ3) is 13.7. The Bertz CT molecular complexity index is 184. The van der Waals surface area contributed by atoms with Gasteiger partial charge in [0.05, 0.1) is 0 Å². The van der Waals surface area contributed by atoms with E-state index in [9.17, 15) is 4.39 Å². The van der Waals surface area contributed by atoms with Gasteiger partial charge in [-0.05, 0) is 12.0 Å². The molecule has 1 rings (SSSR count). The van der Waals surface area contributed by atoms with Crippen molar-refractivity contribution in [2.75, 3.05) is 41.4 Å². The van der Waals surface area contributed by atoms with E-state index in [1.54, 1.807) is 28.2 Å². The van der Waals surface area contributed by atoms with Crippen LogP contribution in [0.1, 0.15) is 19.3 Å². The van der Waals surface area contributed by atoms with E-state index >= 15 is 0 Å². The van der Waals surface area contributed by atoms with E-state index in [1.165, 1.54) is 0 Å². The summed E-state index contributed by atoms with van der Waals surface area (Å²) in [5.74, 6) is 0. The molecule has 0 aromatic carbocycles. The van der Waals surface area contributed by atoms with Crippen LogP contribution in [0.2, 0.25) is 18.6 Å². The standard InChI is InChI=1S/C9H19FNSi.2C2H6N.CH3.Ti/c1-11-7-12(2,3)9-6-4-5-8(9)10;2*1-3-2;;/h8-9H,4-7H2,1-3H3;2*1-2H3;1H3;/q4*-1;+4. The van der Waals surface area contributed by atoms with Gasteiger partial charge in [0.1, 0.15) is 6.17 Å². The molecule has 2 unspecified atom stereocenters. The van der Waals surface area contributed by atoms with Gasteiger partial charge in [-0.2, -0.15) is 41.4 Å². The molecule has 1 saturated carbocycles. The first-order valence-electron chi connectivity index (χ1n) is 6.56. The molecule has 3 nitrogen and oxygen atoms in total. The Morgan fingerprint density at radius 1 is 1.00 bits per heavy atom. The van der Waals surface area contributed by atoms with E-state index in [2.05, 4.69) is 29.0 Å². The van der Waals surface area contributed by atoms with Gasteiger partial charge in [0.2, 0.25) is 0 Å². The van der Waals surface area contributed by atoms with E-state index in [0.29, 0.717) is 5.54 Å². The minimum Gasteiger partial charge on any atom is -0.668 e. The molecule has 0 spiro atoms. The number of rotatable bonds is 3. The van der Waals surface area contributed by atoms with E-state index < -0.39 is 14.2 Å². The zero-order valence-corrected chi connectivity index (χ0v) is 17.3. The van der Waals surface area contributed by atoms with Crippen LogP contribution >= 0.6 is 0 Å². The van der Waals surface area contributed by atoms with Gasteiger partial charge < -0.3 is 23.4 Å². The number of hydrogen-bond donors (Lipinski definition) is 0. The molecule has 1 aliphatic rings. The summed E-state index contributed by atoms with van der Waals surface area (Å²) in [5.41, 5.74) is 0.376. The first kappa shape index (κ1) is 28.8. The first-order valence-corrected chi connectivity index (χ1v) is 9.85. The second-order valence-corrected chi connectivity index (χ2v) is 10.4. The molecule has 2 atom stereocenters. The van der Waals surface area contributed by atoms with Crippen molar-refractivity contribution in [1.82, 2.24) is 0 Å². The van der Waals surface area contributed by atoms with Crippen molar-refractivity contribution in [3.8, 4) is 0 Å². The fraction of sp³-hybridized carbons (Fsp3) is 0.929. The van der Waals surface area contributed by atoms with Crippen LogP contribution in [0.3, 0.4) is 0 Å². The molecule has 0 N–H and O–H groups in total. The smallest absolute Gasteiger partial charge is 0.668 e. The van der Waals surface area contributed by atoms with Gasteiger partial charge in [-0.25, -0.2) is 4.39 Å². The summed E-state index contributed by atoms with van der Waals surface area (Å²) in [5, 5.41) is 11.2. The number of alkyl halides is 1. The van der Waals surface area contributed by atoms with Crippen LogP contribution in [0.4, 0.5) is 4.39 Å². The average molecular weight is 339 g/mol. The van der Waals surface area contributed by atoms with Crippen LogP contribution in [0.25, 0.3) is 16.0 Å². The predicted octanol–water partition coefficient (Wildman–Crippen LogP) is 4.82. The molecule has 0 bridgehead atoms. The quantitative estimate of drug-likeness (QED) is 0.523. The van der Waals surface area contributed by atoms with Crippen molar-refractivity contribution in [2.45, 2.75) is 44.1 Å². The van der Waals surface area contributed by atoms with Crippen LogP contribution < -0.4 is 0 Å². The zero-order chi connectivity index (χ0) is 14.6. The molecule has 6 heteroatoms. The van der Waals surface area contributed by atoms with E-state index in [4.69, 9.17) is 0 Å². The molecule has 1 aliphatic carbocycles. The minimum absolute atomic E-state index is 0. The van der Waals surface area contributed by atoms with Crippen molar-refractivity contribution in [2.24, 2.45) is 0 Å². The normalized spacial score (nSPS) is 20.4. The maximum atomic E-state index is 13.4. The Kier molecular flexibility index (Phi) is 25.7. The summed E-state index contributed by atoms with van der Waals surface area (Å²) in [6, 6.07) is 0. The summed E-state index contributed by atoms with van der Waals surface area (Å²) in [7, 11) is 7.47.